The second-order valence-electron chi connectivity index (χ2n) is 4.13. The summed E-state index contributed by atoms with van der Waals surface area (Å²) in [5.74, 6) is 1.29. The van der Waals surface area contributed by atoms with Crippen LogP contribution in [0.15, 0.2) is 0 Å². The molecule has 0 aliphatic rings. The lowest BCUT2D eigenvalue weighted by molar-refractivity contribution is -0.707. The Bertz CT molecular complexity index is 287. The van der Waals surface area contributed by atoms with Crippen LogP contribution in [0.3, 0.4) is 0 Å². The number of aromatic amines is 1. The lowest BCUT2D eigenvalue weighted by Crippen LogP contribution is -2.37. The fraction of sp³-hybridized carbons (Fsp3) is 0.750. The molecule has 0 spiro atoms. The molecule has 0 saturated carbocycles. The van der Waals surface area contributed by atoms with Crippen LogP contribution in [-0.2, 0) is 6.54 Å². The van der Waals surface area contributed by atoms with Crippen LogP contribution in [0.1, 0.15) is 49.8 Å². The van der Waals surface area contributed by atoms with E-state index >= 15 is 0 Å². The van der Waals surface area contributed by atoms with Crippen molar-refractivity contribution in [2.45, 2.75) is 59.9 Å². The number of hydrogen-bond donors (Lipinski definition) is 1. The summed E-state index contributed by atoms with van der Waals surface area (Å²) < 4.78 is 2.39. The van der Waals surface area contributed by atoms with Gasteiger partial charge in [0.15, 0.2) is 0 Å². The lowest BCUT2D eigenvalue weighted by atomic mass is 10.2. The fourth-order valence-electron chi connectivity index (χ4n) is 1.92. The summed E-state index contributed by atoms with van der Waals surface area (Å²) in [4.78, 5) is 3.38. The van der Waals surface area contributed by atoms with Crippen molar-refractivity contribution in [2.75, 3.05) is 0 Å². The minimum Gasteiger partial charge on any atom is -0.245 e. The molecule has 1 aromatic heterocycles. The average Bonchev–Trinajstić information content (AvgIpc) is 2.38. The summed E-state index contributed by atoms with van der Waals surface area (Å²) in [6, 6.07) is 0. The van der Waals surface area contributed by atoms with Gasteiger partial charge in [-0.3, -0.25) is 0 Å². The standard InChI is InChI=1S/C12H22N2/c1-5-6-7-8-9-14-11(3)10(2)13-12(14)4/h5-9H2,1-4H3/p+1. The molecule has 0 fully saturated rings. The van der Waals surface area contributed by atoms with Gasteiger partial charge in [0.25, 0.3) is 5.82 Å². The Labute approximate surface area is 87.4 Å². The van der Waals surface area contributed by atoms with E-state index in [1.165, 1.54) is 49.4 Å². The molecule has 1 aromatic rings. The van der Waals surface area contributed by atoms with E-state index in [0.29, 0.717) is 0 Å². The average molecular weight is 195 g/mol. The van der Waals surface area contributed by atoms with E-state index in [2.05, 4.69) is 37.2 Å². The number of nitrogens with one attached hydrogen (secondary N) is 1. The molecule has 1 rings (SSSR count). The maximum Gasteiger partial charge on any atom is 0.251 e. The lowest BCUT2D eigenvalue weighted by Gasteiger charge is -2.00. The van der Waals surface area contributed by atoms with Crippen molar-refractivity contribution in [3.63, 3.8) is 0 Å². The molecular weight excluding hydrogens is 172 g/mol. The van der Waals surface area contributed by atoms with Crippen LogP contribution in [-0.4, -0.2) is 4.98 Å². The predicted molar refractivity (Wildman–Crippen MR) is 59.3 cm³/mol. The summed E-state index contributed by atoms with van der Waals surface area (Å²) in [7, 11) is 0. The first-order chi connectivity index (χ1) is 6.66. The number of unbranched alkanes of at least 4 members (excludes halogenated alkanes) is 3. The van der Waals surface area contributed by atoms with E-state index in [-0.39, 0.29) is 0 Å². The number of imidazole rings is 1. The number of aromatic nitrogens is 2. The van der Waals surface area contributed by atoms with E-state index in [9.17, 15) is 0 Å². The van der Waals surface area contributed by atoms with Crippen molar-refractivity contribution in [3.8, 4) is 0 Å². The molecule has 0 saturated heterocycles. The maximum atomic E-state index is 3.38. The van der Waals surface area contributed by atoms with Crippen LogP contribution < -0.4 is 4.57 Å². The zero-order valence-electron chi connectivity index (χ0n) is 9.98. The molecule has 80 valence electrons. The molecule has 0 bridgehead atoms. The molecule has 14 heavy (non-hydrogen) atoms. The van der Waals surface area contributed by atoms with Crippen LogP contribution in [0.5, 0.6) is 0 Å². The van der Waals surface area contributed by atoms with Gasteiger partial charge < -0.3 is 0 Å². The van der Waals surface area contributed by atoms with Crippen molar-refractivity contribution >= 4 is 0 Å². The van der Waals surface area contributed by atoms with Crippen molar-refractivity contribution in [2.24, 2.45) is 0 Å². The Hall–Kier alpha value is -0.790. The first-order valence-corrected chi connectivity index (χ1v) is 5.72. The van der Waals surface area contributed by atoms with Gasteiger partial charge in [0, 0.05) is 20.8 Å². The monoisotopic (exact) mass is 195 g/mol. The van der Waals surface area contributed by atoms with Gasteiger partial charge in [0.1, 0.15) is 11.4 Å². The molecule has 0 aliphatic heterocycles. The second kappa shape index (κ2) is 5.18. The molecule has 2 nitrogen and oxygen atoms in total. The number of nitrogens with zero attached hydrogens (tertiary/aromatic N) is 1. The van der Waals surface area contributed by atoms with E-state index in [0.717, 1.165) is 0 Å². The number of hydrogen-bond acceptors (Lipinski definition) is 0. The van der Waals surface area contributed by atoms with Gasteiger partial charge in [-0.2, -0.15) is 0 Å². The molecule has 0 amide bonds. The minimum atomic E-state index is 1.17. The molecule has 1 N–H and O–H groups in total. The number of rotatable bonds is 5. The number of H-pyrrole nitrogens is 1. The van der Waals surface area contributed by atoms with Crippen LogP contribution in [0.2, 0.25) is 0 Å². The molecule has 0 aliphatic carbocycles. The molecule has 0 atom stereocenters. The van der Waals surface area contributed by atoms with Crippen LogP contribution in [0.25, 0.3) is 0 Å². The minimum absolute atomic E-state index is 1.17. The van der Waals surface area contributed by atoms with Crippen molar-refractivity contribution < 1.29 is 4.57 Å². The Balaban J connectivity index is 2.49. The van der Waals surface area contributed by atoms with Gasteiger partial charge in [-0.25, -0.2) is 9.55 Å². The smallest absolute Gasteiger partial charge is 0.245 e. The van der Waals surface area contributed by atoms with Gasteiger partial charge in [-0.05, 0) is 12.8 Å². The molecule has 2 heteroatoms. The third-order valence-corrected chi connectivity index (χ3v) is 2.96. The van der Waals surface area contributed by atoms with Gasteiger partial charge in [-0.1, -0.05) is 19.8 Å². The highest BCUT2D eigenvalue weighted by Crippen LogP contribution is 2.03. The Kier molecular flexibility index (Phi) is 4.18. The summed E-state index contributed by atoms with van der Waals surface area (Å²) in [6.45, 7) is 9.91. The fourth-order valence-corrected chi connectivity index (χ4v) is 1.92. The topological polar surface area (TPSA) is 19.7 Å². The van der Waals surface area contributed by atoms with E-state index in [1.807, 2.05) is 0 Å². The molecule has 0 radical (unpaired) electrons. The van der Waals surface area contributed by atoms with Gasteiger partial charge in [0.05, 0.1) is 6.54 Å². The molecular formula is C12H23N2+. The largest absolute Gasteiger partial charge is 0.251 e. The second-order valence-corrected chi connectivity index (χ2v) is 4.13. The highest BCUT2D eigenvalue weighted by Gasteiger charge is 2.13. The van der Waals surface area contributed by atoms with Gasteiger partial charge >= 0.3 is 0 Å². The molecule has 0 aromatic carbocycles. The van der Waals surface area contributed by atoms with Crippen molar-refractivity contribution in [1.29, 1.82) is 0 Å². The predicted octanol–water partition coefficient (Wildman–Crippen LogP) is 2.81. The van der Waals surface area contributed by atoms with Gasteiger partial charge in [0.2, 0.25) is 0 Å². The van der Waals surface area contributed by atoms with E-state index in [1.54, 1.807) is 0 Å². The van der Waals surface area contributed by atoms with E-state index < -0.39 is 0 Å². The summed E-state index contributed by atoms with van der Waals surface area (Å²) in [6.07, 6.45) is 5.33. The highest BCUT2D eigenvalue weighted by atomic mass is 15.1. The normalized spacial score (nSPS) is 10.9. The Morgan fingerprint density at radius 3 is 2.29 bits per heavy atom. The van der Waals surface area contributed by atoms with Crippen LogP contribution >= 0.6 is 0 Å². The zero-order valence-corrected chi connectivity index (χ0v) is 9.98. The summed E-state index contributed by atoms with van der Waals surface area (Å²) >= 11 is 0. The zero-order chi connectivity index (χ0) is 10.6. The number of aryl methyl sites for hydroxylation is 2. The highest BCUT2D eigenvalue weighted by molar-refractivity contribution is 5.02. The first-order valence-electron chi connectivity index (χ1n) is 5.72. The van der Waals surface area contributed by atoms with E-state index in [4.69, 9.17) is 0 Å². The summed E-state index contributed by atoms with van der Waals surface area (Å²) in [5.41, 5.74) is 2.69. The maximum absolute atomic E-state index is 3.38. The van der Waals surface area contributed by atoms with Crippen LogP contribution in [0.4, 0.5) is 0 Å². The molecule has 1 heterocycles. The SMILES string of the molecule is CCCCCC[n+]1c(C)[nH]c(C)c1C. The summed E-state index contributed by atoms with van der Waals surface area (Å²) in [5, 5.41) is 0. The van der Waals surface area contributed by atoms with Gasteiger partial charge in [-0.15, -0.1) is 0 Å². The first kappa shape index (κ1) is 11.3. The van der Waals surface area contributed by atoms with Crippen molar-refractivity contribution in [1.82, 2.24) is 4.98 Å². The Morgan fingerprint density at radius 2 is 1.79 bits per heavy atom. The van der Waals surface area contributed by atoms with Crippen LogP contribution in [0, 0.1) is 20.8 Å². The third-order valence-electron chi connectivity index (χ3n) is 2.96. The Morgan fingerprint density at radius 1 is 1.07 bits per heavy atom. The van der Waals surface area contributed by atoms with Crippen molar-refractivity contribution in [3.05, 3.63) is 17.2 Å². The quantitative estimate of drug-likeness (QED) is 0.550. The third kappa shape index (κ3) is 2.60. The molecule has 0 unspecified atom stereocenters.